The number of amides is 1. The number of hydrogen-bond donors (Lipinski definition) is 1. The van der Waals surface area contributed by atoms with Gasteiger partial charge in [0.1, 0.15) is 0 Å². The molecule has 2 rings (SSSR count). The van der Waals surface area contributed by atoms with Crippen LogP contribution < -0.4 is 0 Å². The summed E-state index contributed by atoms with van der Waals surface area (Å²) in [7, 11) is 3.68. The SMILES string of the molecule is Cc1nn(C)c(C)c1C[C@@H](C)C(=O)N(C)Cc1ccc(C(=O)O)cc1. The van der Waals surface area contributed by atoms with E-state index in [9.17, 15) is 9.59 Å². The average Bonchev–Trinajstić information content (AvgIpc) is 2.80. The van der Waals surface area contributed by atoms with Crippen LogP contribution in [-0.4, -0.2) is 38.7 Å². The number of carboxylic acid groups (broad SMARTS) is 1. The first-order valence-corrected chi connectivity index (χ1v) is 8.27. The largest absolute Gasteiger partial charge is 0.478 e. The Morgan fingerprint density at radius 2 is 1.84 bits per heavy atom. The average molecular weight is 343 g/mol. The van der Waals surface area contributed by atoms with E-state index in [2.05, 4.69) is 5.10 Å². The second kappa shape index (κ2) is 7.51. The van der Waals surface area contributed by atoms with Crippen molar-refractivity contribution in [1.29, 1.82) is 0 Å². The lowest BCUT2D eigenvalue weighted by atomic mass is 9.98. The zero-order valence-corrected chi connectivity index (χ0v) is 15.4. The van der Waals surface area contributed by atoms with Gasteiger partial charge in [0.2, 0.25) is 5.91 Å². The summed E-state index contributed by atoms with van der Waals surface area (Å²) in [6.45, 7) is 6.36. The van der Waals surface area contributed by atoms with Crippen LogP contribution in [0.25, 0.3) is 0 Å². The highest BCUT2D eigenvalue weighted by molar-refractivity contribution is 5.87. The number of carbonyl (C=O) groups is 2. The number of rotatable bonds is 6. The van der Waals surface area contributed by atoms with Crippen LogP contribution in [0.4, 0.5) is 0 Å². The van der Waals surface area contributed by atoms with Crippen LogP contribution in [0.1, 0.15) is 39.8 Å². The fourth-order valence-corrected chi connectivity index (χ4v) is 2.99. The summed E-state index contributed by atoms with van der Waals surface area (Å²) in [4.78, 5) is 25.2. The van der Waals surface area contributed by atoms with Gasteiger partial charge in [-0.25, -0.2) is 4.79 Å². The number of hydrogen-bond acceptors (Lipinski definition) is 3. The molecular formula is C19H25N3O3. The van der Waals surface area contributed by atoms with E-state index in [1.54, 1.807) is 36.2 Å². The van der Waals surface area contributed by atoms with Gasteiger partial charge in [-0.1, -0.05) is 19.1 Å². The highest BCUT2D eigenvalue weighted by atomic mass is 16.4. The van der Waals surface area contributed by atoms with Crippen LogP contribution >= 0.6 is 0 Å². The van der Waals surface area contributed by atoms with Gasteiger partial charge in [-0.05, 0) is 43.5 Å². The zero-order valence-electron chi connectivity index (χ0n) is 15.4. The number of carboxylic acids is 1. The predicted molar refractivity (Wildman–Crippen MR) is 95.4 cm³/mol. The highest BCUT2D eigenvalue weighted by Crippen LogP contribution is 2.19. The highest BCUT2D eigenvalue weighted by Gasteiger charge is 2.21. The van der Waals surface area contributed by atoms with Crippen molar-refractivity contribution < 1.29 is 14.7 Å². The molecule has 1 amide bonds. The maximum atomic E-state index is 12.7. The Morgan fingerprint density at radius 3 is 2.32 bits per heavy atom. The first kappa shape index (κ1) is 18.7. The summed E-state index contributed by atoms with van der Waals surface area (Å²) in [5.74, 6) is -1.04. The van der Waals surface area contributed by atoms with E-state index in [4.69, 9.17) is 5.11 Å². The van der Waals surface area contributed by atoms with Crippen molar-refractivity contribution in [1.82, 2.24) is 14.7 Å². The molecule has 0 aliphatic carbocycles. The first-order chi connectivity index (χ1) is 11.7. The van der Waals surface area contributed by atoms with Crippen molar-refractivity contribution >= 4 is 11.9 Å². The van der Waals surface area contributed by atoms with Gasteiger partial charge in [0.05, 0.1) is 11.3 Å². The normalized spacial score (nSPS) is 12.0. The van der Waals surface area contributed by atoms with Gasteiger partial charge in [0, 0.05) is 32.3 Å². The molecule has 134 valence electrons. The Bertz CT molecular complexity index is 778. The molecule has 1 aromatic carbocycles. The summed E-state index contributed by atoms with van der Waals surface area (Å²) in [5.41, 5.74) is 4.33. The van der Waals surface area contributed by atoms with E-state index < -0.39 is 5.97 Å². The van der Waals surface area contributed by atoms with Crippen LogP contribution in [-0.2, 0) is 24.8 Å². The van der Waals surface area contributed by atoms with Crippen molar-refractivity contribution in [3.63, 3.8) is 0 Å². The van der Waals surface area contributed by atoms with Gasteiger partial charge in [0.25, 0.3) is 0 Å². The minimum absolute atomic E-state index is 0.0602. The Labute approximate surface area is 148 Å². The fraction of sp³-hybridized carbons (Fsp3) is 0.421. The van der Waals surface area contributed by atoms with Gasteiger partial charge >= 0.3 is 5.97 Å². The van der Waals surface area contributed by atoms with E-state index in [-0.39, 0.29) is 17.4 Å². The standard InChI is InChI=1S/C19H25N3O3/c1-12(10-17-13(2)20-22(5)14(17)3)18(23)21(4)11-15-6-8-16(9-7-15)19(24)25/h6-9,12H,10-11H2,1-5H3,(H,24,25)/t12-/m1/s1. The third kappa shape index (κ3) is 4.26. The molecule has 1 N–H and O–H groups in total. The smallest absolute Gasteiger partial charge is 0.335 e. The molecule has 1 atom stereocenters. The van der Waals surface area contributed by atoms with Gasteiger partial charge < -0.3 is 10.0 Å². The number of aromatic nitrogens is 2. The molecule has 6 nitrogen and oxygen atoms in total. The van der Waals surface area contributed by atoms with Gasteiger partial charge in [-0.3, -0.25) is 9.48 Å². The Kier molecular flexibility index (Phi) is 5.62. The molecule has 25 heavy (non-hydrogen) atoms. The van der Waals surface area contributed by atoms with Gasteiger partial charge in [-0.2, -0.15) is 5.10 Å². The lowest BCUT2D eigenvalue weighted by molar-refractivity contribution is -0.134. The lowest BCUT2D eigenvalue weighted by Gasteiger charge is -2.22. The number of aryl methyl sites for hydroxylation is 2. The summed E-state index contributed by atoms with van der Waals surface area (Å²) >= 11 is 0. The third-order valence-electron chi connectivity index (χ3n) is 4.59. The third-order valence-corrected chi connectivity index (χ3v) is 4.59. The molecule has 1 aromatic heterocycles. The first-order valence-electron chi connectivity index (χ1n) is 8.27. The zero-order chi connectivity index (χ0) is 18.7. The van der Waals surface area contributed by atoms with Crippen molar-refractivity contribution in [3.8, 4) is 0 Å². The van der Waals surface area contributed by atoms with Crippen molar-refractivity contribution in [2.24, 2.45) is 13.0 Å². The minimum atomic E-state index is -0.952. The van der Waals surface area contributed by atoms with Gasteiger partial charge in [0.15, 0.2) is 0 Å². The molecule has 0 radical (unpaired) electrons. The van der Waals surface area contributed by atoms with Crippen LogP contribution in [0.5, 0.6) is 0 Å². The van der Waals surface area contributed by atoms with Crippen LogP contribution in [0.15, 0.2) is 24.3 Å². The number of benzene rings is 1. The molecule has 0 saturated heterocycles. The minimum Gasteiger partial charge on any atom is -0.478 e. The Morgan fingerprint density at radius 1 is 1.24 bits per heavy atom. The van der Waals surface area contributed by atoms with E-state index in [1.807, 2.05) is 32.5 Å². The predicted octanol–water partition coefficient (Wildman–Crippen LogP) is 2.57. The van der Waals surface area contributed by atoms with Crippen molar-refractivity contribution in [2.45, 2.75) is 33.7 Å². The van der Waals surface area contributed by atoms with E-state index in [0.29, 0.717) is 13.0 Å². The number of nitrogens with zero attached hydrogens (tertiary/aromatic N) is 3. The molecule has 0 aliphatic rings. The topological polar surface area (TPSA) is 75.4 Å². The molecule has 0 fully saturated rings. The molecular weight excluding hydrogens is 318 g/mol. The second-order valence-electron chi connectivity index (χ2n) is 6.57. The lowest BCUT2D eigenvalue weighted by Crippen LogP contribution is -2.32. The van der Waals surface area contributed by atoms with E-state index >= 15 is 0 Å². The molecule has 2 aromatic rings. The van der Waals surface area contributed by atoms with Crippen molar-refractivity contribution in [2.75, 3.05) is 7.05 Å². The van der Waals surface area contributed by atoms with Crippen molar-refractivity contribution in [3.05, 3.63) is 52.3 Å². The van der Waals surface area contributed by atoms with E-state index in [0.717, 1.165) is 22.5 Å². The molecule has 0 spiro atoms. The molecule has 0 saturated carbocycles. The molecule has 1 heterocycles. The maximum Gasteiger partial charge on any atom is 0.335 e. The summed E-state index contributed by atoms with van der Waals surface area (Å²) in [6, 6.07) is 6.60. The molecule has 0 aliphatic heterocycles. The second-order valence-corrected chi connectivity index (χ2v) is 6.57. The van der Waals surface area contributed by atoms with Crippen LogP contribution in [0, 0.1) is 19.8 Å². The number of carbonyl (C=O) groups excluding carboxylic acids is 1. The summed E-state index contributed by atoms with van der Waals surface area (Å²) in [5, 5.41) is 13.3. The Hall–Kier alpha value is -2.63. The molecule has 0 bridgehead atoms. The van der Waals surface area contributed by atoms with Gasteiger partial charge in [-0.15, -0.1) is 0 Å². The molecule has 0 unspecified atom stereocenters. The van der Waals surface area contributed by atoms with Crippen LogP contribution in [0.2, 0.25) is 0 Å². The van der Waals surface area contributed by atoms with Crippen LogP contribution in [0.3, 0.4) is 0 Å². The fourth-order valence-electron chi connectivity index (χ4n) is 2.99. The Balaban J connectivity index is 2.02. The maximum absolute atomic E-state index is 12.7. The summed E-state index contributed by atoms with van der Waals surface area (Å²) in [6.07, 6.45) is 0.659. The summed E-state index contributed by atoms with van der Waals surface area (Å²) < 4.78 is 1.84. The quantitative estimate of drug-likeness (QED) is 0.875. The monoisotopic (exact) mass is 343 g/mol. The number of aromatic carboxylic acids is 1. The van der Waals surface area contributed by atoms with E-state index in [1.165, 1.54) is 0 Å². The molecule has 6 heteroatoms.